The molecule has 0 fully saturated rings. The molecule has 0 aromatic carbocycles. The Morgan fingerprint density at radius 2 is 1.47 bits per heavy atom. The van der Waals surface area contributed by atoms with Gasteiger partial charge in [-0.05, 0) is 25.2 Å². The lowest BCUT2D eigenvalue weighted by Gasteiger charge is -2.23. The Hall–Kier alpha value is 0.320. The third-order valence-corrected chi connectivity index (χ3v) is 8.35. The molecule has 0 aliphatic rings. The van der Waals surface area contributed by atoms with Crippen molar-refractivity contribution in [1.29, 1.82) is 0 Å². The van der Waals surface area contributed by atoms with E-state index in [0.717, 1.165) is 38.0 Å². The second kappa shape index (κ2) is 7.57. The van der Waals surface area contributed by atoms with Crippen molar-refractivity contribution >= 4 is 23.4 Å². The highest BCUT2D eigenvalue weighted by Crippen LogP contribution is 2.49. The smallest absolute Gasteiger partial charge is 0.167 e. The number of hydrogen-bond acceptors (Lipinski definition) is 2. The standard InChI is InChI=1S/C12H25OPS/c1-5-9-11(10-6-2)12(13)14(15,7-3)8-4/h11H,5-10H2,1-4H3. The maximum atomic E-state index is 12.4. The van der Waals surface area contributed by atoms with E-state index in [4.69, 9.17) is 11.8 Å². The van der Waals surface area contributed by atoms with Gasteiger partial charge in [-0.2, -0.15) is 0 Å². The lowest BCUT2D eigenvalue weighted by molar-refractivity contribution is -0.115. The van der Waals surface area contributed by atoms with Crippen LogP contribution in [0.15, 0.2) is 0 Å². The van der Waals surface area contributed by atoms with E-state index in [0.29, 0.717) is 5.52 Å². The summed E-state index contributed by atoms with van der Waals surface area (Å²) in [5.74, 6) is 0.255. The first-order valence-corrected chi connectivity index (χ1v) is 9.35. The normalized spacial score (nSPS) is 12.1. The van der Waals surface area contributed by atoms with Crippen molar-refractivity contribution in [2.24, 2.45) is 5.92 Å². The van der Waals surface area contributed by atoms with Crippen molar-refractivity contribution in [3.05, 3.63) is 0 Å². The van der Waals surface area contributed by atoms with Gasteiger partial charge in [0.2, 0.25) is 0 Å². The Morgan fingerprint density at radius 3 is 1.73 bits per heavy atom. The summed E-state index contributed by atoms with van der Waals surface area (Å²) in [6.07, 6.45) is 6.07. The van der Waals surface area contributed by atoms with Crippen molar-refractivity contribution in [1.82, 2.24) is 0 Å². The molecule has 90 valence electrons. The molecular formula is C12H25OPS. The summed E-state index contributed by atoms with van der Waals surface area (Å²) >= 11 is 5.59. The lowest BCUT2D eigenvalue weighted by Crippen LogP contribution is -2.16. The molecular weight excluding hydrogens is 223 g/mol. The van der Waals surface area contributed by atoms with Gasteiger partial charge in [0.1, 0.15) is 0 Å². The molecule has 0 atom stereocenters. The van der Waals surface area contributed by atoms with Crippen LogP contribution in [-0.2, 0) is 16.6 Å². The van der Waals surface area contributed by atoms with E-state index < -0.39 is 6.04 Å². The van der Waals surface area contributed by atoms with Crippen molar-refractivity contribution in [3.63, 3.8) is 0 Å². The molecule has 0 spiro atoms. The molecule has 0 bridgehead atoms. The molecule has 1 nitrogen and oxygen atoms in total. The van der Waals surface area contributed by atoms with E-state index in [1.165, 1.54) is 0 Å². The third-order valence-electron chi connectivity index (χ3n) is 3.05. The average molecular weight is 248 g/mol. The van der Waals surface area contributed by atoms with Crippen LogP contribution in [0.5, 0.6) is 0 Å². The summed E-state index contributed by atoms with van der Waals surface area (Å²) < 4.78 is 0. The first-order chi connectivity index (χ1) is 7.05. The summed E-state index contributed by atoms with van der Waals surface area (Å²) in [6, 6.07) is -1.69. The minimum Gasteiger partial charge on any atom is -0.293 e. The Bertz CT molecular complexity index is 224. The van der Waals surface area contributed by atoms with Gasteiger partial charge in [0.05, 0.1) is 0 Å². The fourth-order valence-electron chi connectivity index (χ4n) is 1.96. The first kappa shape index (κ1) is 15.3. The molecule has 0 amide bonds. The van der Waals surface area contributed by atoms with Gasteiger partial charge in [-0.15, -0.1) is 0 Å². The number of carbonyl (C=O) groups is 1. The molecule has 0 aromatic rings. The summed E-state index contributed by atoms with van der Waals surface area (Å²) in [5, 5.41) is 0. The fraction of sp³-hybridized carbons (Fsp3) is 0.917. The molecule has 15 heavy (non-hydrogen) atoms. The van der Waals surface area contributed by atoms with Gasteiger partial charge < -0.3 is 0 Å². The minimum absolute atomic E-state index is 0.255. The van der Waals surface area contributed by atoms with Crippen LogP contribution < -0.4 is 0 Å². The summed E-state index contributed by atoms with van der Waals surface area (Å²) in [5.41, 5.74) is 0.436. The lowest BCUT2D eigenvalue weighted by atomic mass is 10.0. The molecule has 0 aromatic heterocycles. The monoisotopic (exact) mass is 248 g/mol. The van der Waals surface area contributed by atoms with Crippen LogP contribution in [0.3, 0.4) is 0 Å². The van der Waals surface area contributed by atoms with Crippen LogP contribution in [0.1, 0.15) is 53.4 Å². The van der Waals surface area contributed by atoms with Crippen molar-refractivity contribution in [3.8, 4) is 0 Å². The molecule has 0 unspecified atom stereocenters. The van der Waals surface area contributed by atoms with Gasteiger partial charge in [0.15, 0.2) is 5.52 Å². The zero-order valence-electron chi connectivity index (χ0n) is 10.6. The van der Waals surface area contributed by atoms with E-state index in [-0.39, 0.29) is 5.92 Å². The molecule has 3 heteroatoms. The zero-order chi connectivity index (χ0) is 11.9. The quantitative estimate of drug-likeness (QED) is 0.597. The van der Waals surface area contributed by atoms with Crippen LogP contribution in [-0.4, -0.2) is 17.8 Å². The van der Waals surface area contributed by atoms with Crippen LogP contribution in [0, 0.1) is 5.92 Å². The second-order valence-corrected chi connectivity index (χ2v) is 9.72. The van der Waals surface area contributed by atoms with Gasteiger partial charge >= 0.3 is 0 Å². The Balaban J connectivity index is 4.67. The topological polar surface area (TPSA) is 17.1 Å². The largest absolute Gasteiger partial charge is 0.293 e. The Labute approximate surface area is 100 Å². The number of carbonyl (C=O) groups excluding carboxylic acids is 1. The molecule has 0 saturated heterocycles. The average Bonchev–Trinajstić information content (AvgIpc) is 2.26. The summed E-state index contributed by atoms with van der Waals surface area (Å²) in [7, 11) is 0. The third kappa shape index (κ3) is 4.36. The van der Waals surface area contributed by atoms with E-state index in [2.05, 4.69) is 27.7 Å². The summed E-state index contributed by atoms with van der Waals surface area (Å²) in [6.45, 7) is 8.46. The SMILES string of the molecule is CCCC(CCC)C(=O)P(=S)(CC)CC. The van der Waals surface area contributed by atoms with E-state index >= 15 is 0 Å². The van der Waals surface area contributed by atoms with Gasteiger partial charge in [0.25, 0.3) is 0 Å². The van der Waals surface area contributed by atoms with Crippen LogP contribution in [0.4, 0.5) is 0 Å². The molecule has 0 aliphatic carbocycles. The van der Waals surface area contributed by atoms with E-state index in [9.17, 15) is 4.79 Å². The Kier molecular flexibility index (Phi) is 7.73. The van der Waals surface area contributed by atoms with Crippen molar-refractivity contribution in [2.45, 2.75) is 53.4 Å². The number of hydrogen-bond donors (Lipinski definition) is 0. The van der Waals surface area contributed by atoms with E-state index in [1.807, 2.05) is 0 Å². The number of rotatable bonds is 8. The Morgan fingerprint density at radius 1 is 1.07 bits per heavy atom. The summed E-state index contributed by atoms with van der Waals surface area (Å²) in [4.78, 5) is 12.4. The predicted octanol–water partition coefficient (Wildman–Crippen LogP) is 4.25. The molecule has 0 radical (unpaired) electrons. The molecule has 0 N–H and O–H groups in total. The van der Waals surface area contributed by atoms with Crippen LogP contribution in [0.2, 0.25) is 0 Å². The predicted molar refractivity (Wildman–Crippen MR) is 73.7 cm³/mol. The molecule has 0 aliphatic heterocycles. The minimum atomic E-state index is -1.69. The highest BCUT2D eigenvalue weighted by atomic mass is 32.4. The first-order valence-electron chi connectivity index (χ1n) is 6.18. The highest BCUT2D eigenvalue weighted by Gasteiger charge is 2.28. The maximum Gasteiger partial charge on any atom is 0.167 e. The van der Waals surface area contributed by atoms with Gasteiger partial charge in [0, 0.05) is 12.0 Å². The van der Waals surface area contributed by atoms with Gasteiger partial charge in [-0.25, -0.2) is 0 Å². The zero-order valence-corrected chi connectivity index (χ0v) is 12.3. The maximum absolute atomic E-state index is 12.4. The molecule has 0 saturated carbocycles. The second-order valence-electron chi connectivity index (χ2n) is 4.13. The molecule has 0 heterocycles. The highest BCUT2D eigenvalue weighted by molar-refractivity contribution is 8.22. The van der Waals surface area contributed by atoms with Crippen molar-refractivity contribution in [2.75, 3.05) is 12.3 Å². The molecule has 0 rings (SSSR count). The van der Waals surface area contributed by atoms with E-state index in [1.54, 1.807) is 0 Å². The fourth-order valence-corrected chi connectivity index (χ4v) is 4.40. The van der Waals surface area contributed by atoms with Gasteiger partial charge in [-0.3, -0.25) is 4.79 Å². The van der Waals surface area contributed by atoms with Crippen molar-refractivity contribution < 1.29 is 4.79 Å². The van der Waals surface area contributed by atoms with Gasteiger partial charge in [-0.1, -0.05) is 52.3 Å². The van der Waals surface area contributed by atoms with Crippen LogP contribution in [0.25, 0.3) is 0 Å². The van der Waals surface area contributed by atoms with Crippen LogP contribution >= 0.6 is 6.04 Å².